The molecule has 0 aliphatic carbocycles. The van der Waals surface area contributed by atoms with Crippen molar-refractivity contribution in [2.45, 2.75) is 25.4 Å². The summed E-state index contributed by atoms with van der Waals surface area (Å²) in [6.07, 6.45) is 0.863. The van der Waals surface area contributed by atoms with Crippen LogP contribution in [0.15, 0.2) is 78.9 Å². The molecule has 0 radical (unpaired) electrons. The molecule has 164 valence electrons. The monoisotopic (exact) mass is 428 g/mol. The zero-order valence-electron chi connectivity index (χ0n) is 18.1. The summed E-state index contributed by atoms with van der Waals surface area (Å²) in [7, 11) is 0. The fourth-order valence-corrected chi connectivity index (χ4v) is 4.70. The summed E-state index contributed by atoms with van der Waals surface area (Å²) < 4.78 is 10.8. The average molecular weight is 429 g/mol. The molecule has 3 aromatic rings. The van der Waals surface area contributed by atoms with Crippen molar-refractivity contribution in [1.29, 1.82) is 0 Å². The van der Waals surface area contributed by atoms with E-state index in [2.05, 4.69) is 58.7 Å². The zero-order chi connectivity index (χ0) is 21.8. The van der Waals surface area contributed by atoms with Crippen LogP contribution in [0.4, 0.5) is 0 Å². The van der Waals surface area contributed by atoms with Gasteiger partial charge in [0.05, 0.1) is 5.92 Å². The maximum Gasteiger partial charge on any atom is 0.231 e. The van der Waals surface area contributed by atoms with Gasteiger partial charge >= 0.3 is 0 Å². The van der Waals surface area contributed by atoms with E-state index >= 15 is 0 Å². The molecule has 0 bridgehead atoms. The lowest BCUT2D eigenvalue weighted by atomic mass is 9.84. The first kappa shape index (κ1) is 20.6. The number of carbonyl (C=O) groups is 1. The Morgan fingerprint density at radius 1 is 0.875 bits per heavy atom. The molecule has 2 heterocycles. The molecule has 1 fully saturated rings. The minimum absolute atomic E-state index is 0.0494. The normalized spacial score (nSPS) is 20.1. The summed E-state index contributed by atoms with van der Waals surface area (Å²) in [4.78, 5) is 15.6. The van der Waals surface area contributed by atoms with Gasteiger partial charge in [0.2, 0.25) is 12.7 Å². The van der Waals surface area contributed by atoms with Gasteiger partial charge in [0.1, 0.15) is 0 Å². The van der Waals surface area contributed by atoms with Gasteiger partial charge < -0.3 is 14.8 Å². The lowest BCUT2D eigenvalue weighted by Gasteiger charge is -2.37. The Labute approximate surface area is 189 Å². The van der Waals surface area contributed by atoms with Crippen molar-refractivity contribution < 1.29 is 14.3 Å². The highest BCUT2D eigenvalue weighted by atomic mass is 16.7. The predicted octanol–water partition coefficient (Wildman–Crippen LogP) is 4.34. The first-order valence-electron chi connectivity index (χ1n) is 11.2. The molecule has 1 saturated heterocycles. The Morgan fingerprint density at radius 2 is 1.62 bits per heavy atom. The van der Waals surface area contributed by atoms with Crippen LogP contribution in [0.1, 0.15) is 29.0 Å². The van der Waals surface area contributed by atoms with Gasteiger partial charge in [-0.25, -0.2) is 0 Å². The smallest absolute Gasteiger partial charge is 0.231 e. The molecule has 5 rings (SSSR count). The van der Waals surface area contributed by atoms with Gasteiger partial charge in [0.25, 0.3) is 0 Å². The van der Waals surface area contributed by atoms with Crippen molar-refractivity contribution in [3.05, 3.63) is 95.6 Å². The molecular weight excluding hydrogens is 400 g/mol. The Balaban J connectivity index is 1.27. The second-order valence-corrected chi connectivity index (χ2v) is 8.63. The zero-order valence-corrected chi connectivity index (χ0v) is 18.1. The Bertz CT molecular complexity index is 1060. The molecule has 1 amide bonds. The first-order valence-corrected chi connectivity index (χ1v) is 11.2. The number of fused-ring (bicyclic) bond motifs is 1. The van der Waals surface area contributed by atoms with Gasteiger partial charge in [-0.15, -0.1) is 0 Å². The number of carbonyl (C=O) groups excluding carboxylic acids is 1. The summed E-state index contributed by atoms with van der Waals surface area (Å²) >= 11 is 0. The molecule has 5 nitrogen and oxygen atoms in total. The van der Waals surface area contributed by atoms with E-state index in [1.807, 2.05) is 30.3 Å². The van der Waals surface area contributed by atoms with Gasteiger partial charge in [-0.05, 0) is 41.2 Å². The fraction of sp³-hybridized carbons (Fsp3) is 0.296. The highest BCUT2D eigenvalue weighted by Gasteiger charge is 2.32. The standard InChI is InChI=1S/C27H28N2O3/c30-27(28-15-21-11-12-25-26(13-21)32-19-31-25)24-14-23(22-9-5-2-6-10-22)17-29(18-24)16-20-7-3-1-4-8-20/h1-13,23-24H,14-19H2,(H,28,30)/t23-,24+/m0/s1. The fourth-order valence-electron chi connectivity index (χ4n) is 4.70. The molecule has 5 heteroatoms. The average Bonchev–Trinajstić information content (AvgIpc) is 3.31. The van der Waals surface area contributed by atoms with Crippen molar-refractivity contribution >= 4 is 5.91 Å². The molecule has 0 saturated carbocycles. The van der Waals surface area contributed by atoms with Crippen LogP contribution in [0.3, 0.4) is 0 Å². The highest BCUT2D eigenvalue weighted by molar-refractivity contribution is 5.79. The number of nitrogens with zero attached hydrogens (tertiary/aromatic N) is 1. The third kappa shape index (κ3) is 4.78. The van der Waals surface area contributed by atoms with Crippen molar-refractivity contribution in [2.75, 3.05) is 19.9 Å². The molecule has 3 aromatic carbocycles. The molecule has 0 unspecified atom stereocenters. The number of nitrogens with one attached hydrogen (secondary N) is 1. The number of likely N-dealkylation sites (tertiary alicyclic amines) is 1. The second-order valence-electron chi connectivity index (χ2n) is 8.63. The maximum absolute atomic E-state index is 13.2. The van der Waals surface area contributed by atoms with Crippen LogP contribution in [-0.4, -0.2) is 30.7 Å². The summed E-state index contributed by atoms with van der Waals surface area (Å²) in [5, 5.41) is 3.15. The Morgan fingerprint density at radius 3 is 2.44 bits per heavy atom. The van der Waals surface area contributed by atoms with Crippen LogP contribution >= 0.6 is 0 Å². The van der Waals surface area contributed by atoms with E-state index in [1.165, 1.54) is 11.1 Å². The van der Waals surface area contributed by atoms with Gasteiger partial charge in [-0.1, -0.05) is 66.7 Å². The van der Waals surface area contributed by atoms with E-state index in [9.17, 15) is 4.79 Å². The molecule has 0 spiro atoms. The van der Waals surface area contributed by atoms with Crippen LogP contribution in [0, 0.1) is 5.92 Å². The van der Waals surface area contributed by atoms with Crippen molar-refractivity contribution in [1.82, 2.24) is 10.2 Å². The van der Waals surface area contributed by atoms with Crippen molar-refractivity contribution in [2.24, 2.45) is 5.92 Å². The molecule has 1 N–H and O–H groups in total. The quantitative estimate of drug-likeness (QED) is 0.635. The van der Waals surface area contributed by atoms with E-state index < -0.39 is 0 Å². The SMILES string of the molecule is O=C(NCc1ccc2c(c1)OCO2)[C@@H]1C[C@H](c2ccccc2)CN(Cc2ccccc2)C1. The van der Waals surface area contributed by atoms with Gasteiger partial charge in [0.15, 0.2) is 11.5 Å². The number of benzene rings is 3. The van der Waals surface area contributed by atoms with E-state index in [4.69, 9.17) is 9.47 Å². The molecular formula is C27H28N2O3. The third-order valence-corrected chi connectivity index (χ3v) is 6.32. The van der Waals surface area contributed by atoms with E-state index in [0.717, 1.165) is 43.1 Å². The predicted molar refractivity (Wildman–Crippen MR) is 123 cm³/mol. The van der Waals surface area contributed by atoms with Crippen LogP contribution in [-0.2, 0) is 17.9 Å². The molecule has 2 aliphatic heterocycles. The van der Waals surface area contributed by atoms with Crippen molar-refractivity contribution in [3.8, 4) is 11.5 Å². The summed E-state index contributed by atoms with van der Waals surface area (Å²) in [6, 6.07) is 26.9. The highest BCUT2D eigenvalue weighted by Crippen LogP contribution is 2.33. The number of piperidine rings is 1. The lowest BCUT2D eigenvalue weighted by molar-refractivity contribution is -0.127. The maximum atomic E-state index is 13.2. The minimum atomic E-state index is -0.0494. The van der Waals surface area contributed by atoms with Gasteiger partial charge in [0, 0.05) is 26.2 Å². The van der Waals surface area contributed by atoms with Crippen LogP contribution in [0.25, 0.3) is 0 Å². The number of ether oxygens (including phenoxy) is 2. The van der Waals surface area contributed by atoms with E-state index in [1.54, 1.807) is 0 Å². The Hall–Kier alpha value is -3.31. The van der Waals surface area contributed by atoms with Gasteiger partial charge in [-0.2, -0.15) is 0 Å². The van der Waals surface area contributed by atoms with Crippen LogP contribution in [0.2, 0.25) is 0 Å². The minimum Gasteiger partial charge on any atom is -0.454 e. The Kier molecular flexibility index (Phi) is 6.08. The number of rotatable bonds is 6. The van der Waals surface area contributed by atoms with Gasteiger partial charge in [-0.3, -0.25) is 9.69 Å². The second kappa shape index (κ2) is 9.45. The third-order valence-electron chi connectivity index (χ3n) is 6.32. The summed E-state index contributed by atoms with van der Waals surface area (Å²) in [5.74, 6) is 1.91. The molecule has 0 aromatic heterocycles. The molecule has 2 atom stereocenters. The summed E-state index contributed by atoms with van der Waals surface area (Å²) in [6.45, 7) is 3.33. The van der Waals surface area contributed by atoms with Crippen molar-refractivity contribution in [3.63, 3.8) is 0 Å². The van der Waals surface area contributed by atoms with Crippen LogP contribution < -0.4 is 14.8 Å². The number of hydrogen-bond acceptors (Lipinski definition) is 4. The van der Waals surface area contributed by atoms with E-state index in [0.29, 0.717) is 12.5 Å². The lowest BCUT2D eigenvalue weighted by Crippen LogP contribution is -2.45. The molecule has 32 heavy (non-hydrogen) atoms. The first-order chi connectivity index (χ1) is 15.7. The molecule has 2 aliphatic rings. The largest absolute Gasteiger partial charge is 0.454 e. The summed E-state index contributed by atoms with van der Waals surface area (Å²) in [5.41, 5.74) is 3.60. The number of amides is 1. The number of hydrogen-bond donors (Lipinski definition) is 1. The van der Waals surface area contributed by atoms with E-state index in [-0.39, 0.29) is 18.6 Å². The van der Waals surface area contributed by atoms with Crippen LogP contribution in [0.5, 0.6) is 11.5 Å². The topological polar surface area (TPSA) is 50.8 Å².